The first-order chi connectivity index (χ1) is 11.0. The van der Waals surface area contributed by atoms with Crippen LogP contribution in [0, 0.1) is 20.8 Å². The Balaban J connectivity index is 1.59. The van der Waals surface area contributed by atoms with Gasteiger partial charge in [0.25, 0.3) is 5.91 Å². The van der Waals surface area contributed by atoms with E-state index >= 15 is 0 Å². The van der Waals surface area contributed by atoms with Gasteiger partial charge in [0, 0.05) is 25.3 Å². The van der Waals surface area contributed by atoms with Crippen molar-refractivity contribution in [2.75, 3.05) is 18.0 Å². The van der Waals surface area contributed by atoms with E-state index in [1.54, 1.807) is 25.5 Å². The monoisotopic (exact) mass is 314 g/mol. The van der Waals surface area contributed by atoms with Crippen LogP contribution in [0.15, 0.2) is 22.9 Å². The highest BCUT2D eigenvalue weighted by atomic mass is 16.3. The van der Waals surface area contributed by atoms with Crippen LogP contribution in [-0.2, 0) is 0 Å². The van der Waals surface area contributed by atoms with Gasteiger partial charge in [0.1, 0.15) is 11.6 Å². The molecule has 2 aromatic rings. The van der Waals surface area contributed by atoms with E-state index in [1.165, 1.54) is 0 Å². The number of aryl methyl sites for hydroxylation is 3. The maximum absolute atomic E-state index is 12.2. The quantitative estimate of drug-likeness (QED) is 0.942. The molecule has 0 saturated carbocycles. The molecular weight excluding hydrogens is 292 g/mol. The van der Waals surface area contributed by atoms with E-state index in [2.05, 4.69) is 20.2 Å². The van der Waals surface area contributed by atoms with Crippen LogP contribution in [0.4, 0.5) is 5.82 Å². The van der Waals surface area contributed by atoms with E-state index in [0.29, 0.717) is 11.3 Å². The highest BCUT2D eigenvalue weighted by Gasteiger charge is 2.24. The molecule has 1 amide bonds. The number of nitrogens with one attached hydrogen (secondary N) is 1. The van der Waals surface area contributed by atoms with Gasteiger partial charge in [-0.2, -0.15) is 0 Å². The van der Waals surface area contributed by atoms with Crippen LogP contribution < -0.4 is 10.2 Å². The van der Waals surface area contributed by atoms with E-state index in [1.807, 2.05) is 13.8 Å². The van der Waals surface area contributed by atoms with Crippen molar-refractivity contribution in [3.05, 3.63) is 41.2 Å². The zero-order valence-corrected chi connectivity index (χ0v) is 13.8. The van der Waals surface area contributed by atoms with Crippen molar-refractivity contribution < 1.29 is 9.21 Å². The van der Waals surface area contributed by atoms with Crippen LogP contribution in [-0.4, -0.2) is 35.0 Å². The summed E-state index contributed by atoms with van der Waals surface area (Å²) >= 11 is 0. The van der Waals surface area contributed by atoms with E-state index in [4.69, 9.17) is 4.42 Å². The van der Waals surface area contributed by atoms with Gasteiger partial charge in [0.15, 0.2) is 0 Å². The Morgan fingerprint density at radius 1 is 1.30 bits per heavy atom. The number of carbonyl (C=O) groups is 1. The van der Waals surface area contributed by atoms with Crippen molar-refractivity contribution in [1.29, 1.82) is 0 Å². The number of piperidine rings is 1. The first kappa shape index (κ1) is 15.5. The maximum Gasteiger partial charge on any atom is 0.255 e. The molecule has 3 heterocycles. The molecule has 1 N–H and O–H groups in total. The second-order valence-electron chi connectivity index (χ2n) is 6.05. The normalized spacial score (nSPS) is 15.7. The Morgan fingerprint density at radius 3 is 2.70 bits per heavy atom. The minimum atomic E-state index is -0.0544. The zero-order chi connectivity index (χ0) is 16.4. The van der Waals surface area contributed by atoms with Crippen molar-refractivity contribution in [3.8, 4) is 0 Å². The summed E-state index contributed by atoms with van der Waals surface area (Å²) in [5, 5.41) is 3.10. The van der Waals surface area contributed by atoms with Crippen LogP contribution in [0.25, 0.3) is 0 Å². The van der Waals surface area contributed by atoms with Gasteiger partial charge >= 0.3 is 0 Å². The maximum atomic E-state index is 12.2. The molecule has 0 spiro atoms. The van der Waals surface area contributed by atoms with E-state index in [9.17, 15) is 4.79 Å². The van der Waals surface area contributed by atoms with Crippen LogP contribution in [0.5, 0.6) is 0 Å². The first-order valence-electron chi connectivity index (χ1n) is 7.94. The molecule has 6 heteroatoms. The summed E-state index contributed by atoms with van der Waals surface area (Å²) in [7, 11) is 0. The Kier molecular flexibility index (Phi) is 4.32. The summed E-state index contributed by atoms with van der Waals surface area (Å²) in [6.45, 7) is 7.48. The van der Waals surface area contributed by atoms with E-state index in [0.717, 1.165) is 43.1 Å². The lowest BCUT2D eigenvalue weighted by Crippen LogP contribution is -2.45. The Morgan fingerprint density at radius 2 is 2.04 bits per heavy atom. The number of rotatable bonds is 3. The summed E-state index contributed by atoms with van der Waals surface area (Å²) in [5.41, 5.74) is 2.50. The molecule has 6 nitrogen and oxygen atoms in total. The van der Waals surface area contributed by atoms with Crippen LogP contribution in [0.1, 0.15) is 40.3 Å². The van der Waals surface area contributed by atoms with Crippen molar-refractivity contribution in [3.63, 3.8) is 0 Å². The second-order valence-corrected chi connectivity index (χ2v) is 6.05. The number of hydrogen-bond donors (Lipinski definition) is 1. The van der Waals surface area contributed by atoms with Crippen LogP contribution >= 0.6 is 0 Å². The number of amides is 1. The molecule has 0 bridgehead atoms. The molecule has 0 aromatic carbocycles. The van der Waals surface area contributed by atoms with Crippen molar-refractivity contribution >= 4 is 11.7 Å². The number of anilines is 1. The molecule has 3 rings (SSSR count). The number of hydrogen-bond acceptors (Lipinski definition) is 5. The third kappa shape index (κ3) is 3.36. The fourth-order valence-corrected chi connectivity index (χ4v) is 2.94. The van der Waals surface area contributed by atoms with Crippen molar-refractivity contribution in [1.82, 2.24) is 15.3 Å². The summed E-state index contributed by atoms with van der Waals surface area (Å²) < 4.78 is 5.19. The molecule has 122 valence electrons. The van der Waals surface area contributed by atoms with Gasteiger partial charge in [-0.25, -0.2) is 4.98 Å². The fourth-order valence-electron chi connectivity index (χ4n) is 2.94. The van der Waals surface area contributed by atoms with Crippen LogP contribution in [0.3, 0.4) is 0 Å². The van der Waals surface area contributed by atoms with Gasteiger partial charge in [-0.1, -0.05) is 0 Å². The summed E-state index contributed by atoms with van der Waals surface area (Å²) in [5.74, 6) is 1.56. The van der Waals surface area contributed by atoms with E-state index < -0.39 is 0 Å². The predicted molar refractivity (Wildman–Crippen MR) is 87.7 cm³/mol. The molecule has 1 fully saturated rings. The highest BCUT2D eigenvalue weighted by molar-refractivity contribution is 5.95. The average molecular weight is 314 g/mol. The molecular formula is C17H22N4O2. The molecule has 0 unspecified atom stereocenters. The molecule has 1 aliphatic heterocycles. The number of aromatic nitrogens is 2. The minimum absolute atomic E-state index is 0.0544. The average Bonchev–Trinajstić information content (AvgIpc) is 2.97. The standard InChI is InChI=1S/C17H22N4O2/c1-11-10-18-12(2)16(19-11)21-7-4-14(5-8-21)20-17(22)15-6-9-23-13(15)3/h6,9-10,14H,4-5,7-8H2,1-3H3,(H,20,22). The topological polar surface area (TPSA) is 71.3 Å². The number of nitrogens with zero attached hydrogens (tertiary/aromatic N) is 3. The minimum Gasteiger partial charge on any atom is -0.469 e. The Hall–Kier alpha value is -2.37. The second kappa shape index (κ2) is 6.40. The number of furan rings is 1. The van der Waals surface area contributed by atoms with E-state index in [-0.39, 0.29) is 11.9 Å². The lowest BCUT2D eigenvalue weighted by Gasteiger charge is -2.33. The first-order valence-corrected chi connectivity index (χ1v) is 7.94. The molecule has 23 heavy (non-hydrogen) atoms. The van der Waals surface area contributed by atoms with Gasteiger partial charge in [0.05, 0.1) is 23.2 Å². The highest BCUT2D eigenvalue weighted by Crippen LogP contribution is 2.21. The Labute approximate surface area is 135 Å². The van der Waals surface area contributed by atoms with Gasteiger partial charge < -0.3 is 14.6 Å². The lowest BCUT2D eigenvalue weighted by molar-refractivity contribution is 0.0929. The van der Waals surface area contributed by atoms with Gasteiger partial charge in [-0.3, -0.25) is 9.78 Å². The third-order valence-electron chi connectivity index (χ3n) is 4.28. The summed E-state index contributed by atoms with van der Waals surface area (Å²) in [6.07, 6.45) is 5.14. The van der Waals surface area contributed by atoms with Crippen molar-refractivity contribution in [2.45, 2.75) is 39.7 Å². The van der Waals surface area contributed by atoms with Gasteiger partial charge in [-0.05, 0) is 39.7 Å². The molecule has 2 aromatic heterocycles. The van der Waals surface area contributed by atoms with Crippen molar-refractivity contribution in [2.24, 2.45) is 0 Å². The van der Waals surface area contributed by atoms with Gasteiger partial charge in [-0.15, -0.1) is 0 Å². The molecule has 0 radical (unpaired) electrons. The van der Waals surface area contributed by atoms with Gasteiger partial charge in [0.2, 0.25) is 0 Å². The summed E-state index contributed by atoms with van der Waals surface area (Å²) in [4.78, 5) is 23.5. The number of carbonyl (C=O) groups excluding carboxylic acids is 1. The largest absolute Gasteiger partial charge is 0.469 e. The molecule has 1 saturated heterocycles. The Bertz CT molecular complexity index is 702. The molecule has 0 aliphatic carbocycles. The van der Waals surface area contributed by atoms with Crippen LogP contribution in [0.2, 0.25) is 0 Å². The fraction of sp³-hybridized carbons (Fsp3) is 0.471. The molecule has 0 atom stereocenters. The smallest absolute Gasteiger partial charge is 0.255 e. The predicted octanol–water partition coefficient (Wildman–Crippen LogP) is 2.39. The SMILES string of the molecule is Cc1cnc(C)c(N2CCC(NC(=O)c3ccoc3C)CC2)n1. The summed E-state index contributed by atoms with van der Waals surface area (Å²) in [6, 6.07) is 1.90. The third-order valence-corrected chi connectivity index (χ3v) is 4.28. The lowest BCUT2D eigenvalue weighted by atomic mass is 10.0. The molecule has 1 aliphatic rings. The zero-order valence-electron chi connectivity index (χ0n) is 13.8.